The van der Waals surface area contributed by atoms with E-state index in [2.05, 4.69) is 26.8 Å². The zero-order valence-corrected chi connectivity index (χ0v) is 12.8. The van der Waals surface area contributed by atoms with E-state index in [0.717, 1.165) is 36.9 Å². The molecule has 2 N–H and O–H groups in total. The first-order valence-corrected chi connectivity index (χ1v) is 7.02. The molecule has 0 radical (unpaired) electrons. The first kappa shape index (κ1) is 15.6. The molecule has 1 fully saturated rings. The highest BCUT2D eigenvalue weighted by molar-refractivity contribution is 7.98. The molecule has 0 aliphatic carbocycles. The average Bonchev–Trinajstić information content (AvgIpc) is 2.29. The second-order valence-corrected chi connectivity index (χ2v) is 5.19. The Balaban J connectivity index is 0.00000162. The SMILES string of the molecule is CSc1c(Cl)nc(N)nc1N1CCN(C)CC1.Cl. The maximum Gasteiger partial charge on any atom is 0.223 e. The van der Waals surface area contributed by atoms with Crippen LogP contribution in [0.25, 0.3) is 0 Å². The molecule has 1 aliphatic rings. The van der Waals surface area contributed by atoms with Gasteiger partial charge in [0.25, 0.3) is 0 Å². The van der Waals surface area contributed by atoms with Crippen LogP contribution in [-0.2, 0) is 0 Å². The largest absolute Gasteiger partial charge is 0.368 e. The zero-order chi connectivity index (χ0) is 12.4. The third-order valence-corrected chi connectivity index (χ3v) is 4.00. The van der Waals surface area contributed by atoms with Gasteiger partial charge in [0.1, 0.15) is 11.0 Å². The van der Waals surface area contributed by atoms with E-state index in [9.17, 15) is 0 Å². The lowest BCUT2D eigenvalue weighted by atomic mass is 10.3. The normalized spacial score (nSPS) is 16.5. The van der Waals surface area contributed by atoms with Crippen LogP contribution in [0.3, 0.4) is 0 Å². The minimum Gasteiger partial charge on any atom is -0.368 e. The number of nitrogen functional groups attached to an aromatic ring is 1. The number of aromatic nitrogens is 2. The minimum absolute atomic E-state index is 0. The van der Waals surface area contributed by atoms with Crippen molar-refractivity contribution in [1.29, 1.82) is 0 Å². The lowest BCUT2D eigenvalue weighted by Crippen LogP contribution is -2.45. The molecule has 0 atom stereocenters. The van der Waals surface area contributed by atoms with Crippen LogP contribution < -0.4 is 10.6 Å². The molecule has 2 heterocycles. The summed E-state index contributed by atoms with van der Waals surface area (Å²) in [5.41, 5.74) is 5.66. The second kappa shape index (κ2) is 6.65. The maximum atomic E-state index is 6.09. The number of halogens is 2. The Kier molecular flexibility index (Phi) is 5.78. The molecule has 8 heteroatoms. The molecule has 0 spiro atoms. The molecule has 5 nitrogen and oxygen atoms in total. The Bertz CT molecular complexity index is 409. The summed E-state index contributed by atoms with van der Waals surface area (Å²) in [5, 5.41) is 0.443. The van der Waals surface area contributed by atoms with E-state index < -0.39 is 0 Å². The number of rotatable bonds is 2. The summed E-state index contributed by atoms with van der Waals surface area (Å²) in [4.78, 5) is 13.7. The smallest absolute Gasteiger partial charge is 0.223 e. The molecule has 1 saturated heterocycles. The van der Waals surface area contributed by atoms with Crippen LogP contribution in [0.4, 0.5) is 11.8 Å². The van der Waals surface area contributed by atoms with Crippen LogP contribution in [0.15, 0.2) is 4.90 Å². The fourth-order valence-corrected chi connectivity index (χ4v) is 2.81. The topological polar surface area (TPSA) is 58.3 Å². The van der Waals surface area contributed by atoms with Crippen LogP contribution in [0.5, 0.6) is 0 Å². The molecule has 102 valence electrons. The molecule has 1 aliphatic heterocycles. The Morgan fingerprint density at radius 1 is 1.22 bits per heavy atom. The quantitative estimate of drug-likeness (QED) is 0.661. The molecule has 18 heavy (non-hydrogen) atoms. The van der Waals surface area contributed by atoms with E-state index in [-0.39, 0.29) is 18.4 Å². The lowest BCUT2D eigenvalue weighted by molar-refractivity contribution is 0.311. The predicted octanol–water partition coefficient (Wildman–Crippen LogP) is 1.61. The Morgan fingerprint density at radius 2 is 1.83 bits per heavy atom. The third kappa shape index (κ3) is 3.32. The van der Waals surface area contributed by atoms with E-state index >= 15 is 0 Å². The average molecular weight is 310 g/mol. The van der Waals surface area contributed by atoms with Crippen molar-refractivity contribution in [2.75, 3.05) is 50.1 Å². The molecule has 1 aromatic rings. The van der Waals surface area contributed by atoms with Gasteiger partial charge >= 0.3 is 0 Å². The van der Waals surface area contributed by atoms with Crippen molar-refractivity contribution in [2.45, 2.75) is 4.90 Å². The number of nitrogens with two attached hydrogens (primary N) is 1. The Hall–Kier alpha value is -0.430. The highest BCUT2D eigenvalue weighted by atomic mass is 35.5. The molecule has 0 saturated carbocycles. The number of piperazine rings is 1. The first-order chi connectivity index (χ1) is 8.11. The van der Waals surface area contributed by atoms with Crippen molar-refractivity contribution in [3.05, 3.63) is 5.15 Å². The van der Waals surface area contributed by atoms with Gasteiger partial charge < -0.3 is 15.5 Å². The maximum absolute atomic E-state index is 6.09. The molecule has 0 unspecified atom stereocenters. The summed E-state index contributed by atoms with van der Waals surface area (Å²) in [6, 6.07) is 0. The van der Waals surface area contributed by atoms with E-state index in [1.54, 1.807) is 11.8 Å². The van der Waals surface area contributed by atoms with Crippen molar-refractivity contribution in [2.24, 2.45) is 0 Å². The van der Waals surface area contributed by atoms with Gasteiger partial charge in [-0.2, -0.15) is 9.97 Å². The van der Waals surface area contributed by atoms with Crippen molar-refractivity contribution in [1.82, 2.24) is 14.9 Å². The summed E-state index contributed by atoms with van der Waals surface area (Å²) in [7, 11) is 2.12. The van der Waals surface area contributed by atoms with Crippen LogP contribution >= 0.6 is 35.8 Å². The number of hydrogen-bond acceptors (Lipinski definition) is 6. The number of hydrogen-bond donors (Lipinski definition) is 1. The Morgan fingerprint density at radius 3 is 2.39 bits per heavy atom. The van der Waals surface area contributed by atoms with Gasteiger partial charge in [0.15, 0.2) is 0 Å². The number of nitrogens with zero attached hydrogens (tertiary/aromatic N) is 4. The van der Waals surface area contributed by atoms with Gasteiger partial charge in [-0.1, -0.05) is 11.6 Å². The van der Waals surface area contributed by atoms with Gasteiger partial charge in [0.05, 0.1) is 4.90 Å². The van der Waals surface area contributed by atoms with Crippen molar-refractivity contribution < 1.29 is 0 Å². The number of anilines is 2. The zero-order valence-electron chi connectivity index (χ0n) is 10.4. The van der Waals surface area contributed by atoms with Crippen molar-refractivity contribution >= 4 is 47.5 Å². The minimum atomic E-state index is 0. The highest BCUT2D eigenvalue weighted by Gasteiger charge is 2.20. The predicted molar refractivity (Wildman–Crippen MR) is 80.2 cm³/mol. The van der Waals surface area contributed by atoms with E-state index in [1.165, 1.54) is 0 Å². The third-order valence-electron chi connectivity index (χ3n) is 2.83. The van der Waals surface area contributed by atoms with Gasteiger partial charge in [-0.25, -0.2) is 0 Å². The van der Waals surface area contributed by atoms with Crippen LogP contribution in [0.2, 0.25) is 5.15 Å². The molecule has 0 amide bonds. The summed E-state index contributed by atoms with van der Waals surface area (Å²) in [6.45, 7) is 3.93. The molecule has 0 bridgehead atoms. The number of thioether (sulfide) groups is 1. The van der Waals surface area contributed by atoms with Gasteiger partial charge in [0.2, 0.25) is 5.95 Å². The lowest BCUT2D eigenvalue weighted by Gasteiger charge is -2.34. The van der Waals surface area contributed by atoms with Crippen LogP contribution in [0, 0.1) is 0 Å². The standard InChI is InChI=1S/C10H16ClN5S.ClH/c1-15-3-5-16(6-4-15)9-7(17-2)8(11)13-10(12)14-9;/h3-6H2,1-2H3,(H2,12,13,14);1H. The van der Waals surface area contributed by atoms with Gasteiger partial charge in [0, 0.05) is 26.2 Å². The highest BCUT2D eigenvalue weighted by Crippen LogP contribution is 2.33. The van der Waals surface area contributed by atoms with Gasteiger partial charge in [-0.3, -0.25) is 0 Å². The summed E-state index contributed by atoms with van der Waals surface area (Å²) < 4.78 is 0. The van der Waals surface area contributed by atoms with Crippen LogP contribution in [0.1, 0.15) is 0 Å². The first-order valence-electron chi connectivity index (χ1n) is 5.42. The van der Waals surface area contributed by atoms with Gasteiger partial charge in [-0.15, -0.1) is 24.2 Å². The fraction of sp³-hybridized carbons (Fsp3) is 0.600. The summed E-state index contributed by atoms with van der Waals surface area (Å²) in [5.74, 6) is 1.10. The molecule has 1 aromatic heterocycles. The fourth-order valence-electron chi connectivity index (χ4n) is 1.84. The monoisotopic (exact) mass is 309 g/mol. The van der Waals surface area contributed by atoms with E-state index in [4.69, 9.17) is 17.3 Å². The molecule has 0 aromatic carbocycles. The van der Waals surface area contributed by atoms with Crippen molar-refractivity contribution in [3.8, 4) is 0 Å². The van der Waals surface area contributed by atoms with Gasteiger partial charge in [-0.05, 0) is 13.3 Å². The molecular formula is C10H17Cl2N5S. The summed E-state index contributed by atoms with van der Waals surface area (Å²) >= 11 is 7.65. The van der Waals surface area contributed by atoms with E-state index in [1.807, 2.05) is 6.26 Å². The second-order valence-electron chi connectivity index (χ2n) is 4.02. The number of likely N-dealkylation sites (N-methyl/N-ethyl adjacent to an activating group) is 1. The molecule has 2 rings (SSSR count). The summed E-state index contributed by atoms with van der Waals surface area (Å²) in [6.07, 6.45) is 1.97. The van der Waals surface area contributed by atoms with E-state index in [0.29, 0.717) is 5.15 Å². The Labute approximate surface area is 122 Å². The van der Waals surface area contributed by atoms with Crippen molar-refractivity contribution in [3.63, 3.8) is 0 Å². The van der Waals surface area contributed by atoms with Crippen LogP contribution in [-0.4, -0.2) is 54.4 Å². The molecular weight excluding hydrogens is 293 g/mol.